The number of carbonyl (C=O) groups is 2. The fourth-order valence-electron chi connectivity index (χ4n) is 2.43. The molecule has 0 aliphatic heterocycles. The molecule has 3 rings (SSSR count). The second-order valence-corrected chi connectivity index (χ2v) is 6.26. The van der Waals surface area contributed by atoms with E-state index in [-0.39, 0.29) is 5.69 Å². The summed E-state index contributed by atoms with van der Waals surface area (Å²) in [5.74, 6) is -0.396. The minimum atomic E-state index is -0.432. The minimum absolute atomic E-state index is 0.160. The lowest BCUT2D eigenvalue weighted by Crippen LogP contribution is -2.15. The lowest BCUT2D eigenvalue weighted by molar-refractivity contribution is 0.0600. The third-order valence-corrected chi connectivity index (χ3v) is 4.37. The van der Waals surface area contributed by atoms with E-state index in [9.17, 15) is 9.59 Å². The third kappa shape index (κ3) is 4.44. The molecule has 0 aliphatic carbocycles. The number of aromatic nitrogens is 2. The Hall–Kier alpha value is -3.45. The SMILES string of the molecule is COC(=O)c1cccc(Nc2cnc(C(=O)Nc3cccc(Cl)c3C)cn2)c1. The van der Waals surface area contributed by atoms with Gasteiger partial charge in [-0.25, -0.2) is 14.8 Å². The first-order chi connectivity index (χ1) is 13.5. The topological polar surface area (TPSA) is 93.2 Å². The number of halogens is 1. The van der Waals surface area contributed by atoms with E-state index in [1.54, 1.807) is 42.5 Å². The summed E-state index contributed by atoms with van der Waals surface area (Å²) >= 11 is 6.06. The summed E-state index contributed by atoms with van der Waals surface area (Å²) in [6.45, 7) is 1.82. The number of nitrogens with zero attached hydrogens (tertiary/aromatic N) is 2. The predicted octanol–water partition coefficient (Wildman–Crippen LogP) is 4.22. The Kier molecular flexibility index (Phi) is 5.86. The molecule has 1 aromatic heterocycles. The zero-order valence-electron chi connectivity index (χ0n) is 15.2. The summed E-state index contributed by atoms with van der Waals surface area (Å²) in [5, 5.41) is 6.36. The highest BCUT2D eigenvalue weighted by Gasteiger charge is 2.11. The fraction of sp³-hybridized carbons (Fsp3) is 0.100. The predicted molar refractivity (Wildman–Crippen MR) is 107 cm³/mol. The summed E-state index contributed by atoms with van der Waals surface area (Å²) < 4.78 is 4.70. The lowest BCUT2D eigenvalue weighted by Gasteiger charge is -2.10. The number of carbonyl (C=O) groups excluding carboxylic acids is 2. The Balaban J connectivity index is 1.70. The second-order valence-electron chi connectivity index (χ2n) is 5.85. The van der Waals surface area contributed by atoms with Crippen molar-refractivity contribution in [3.8, 4) is 0 Å². The highest BCUT2D eigenvalue weighted by molar-refractivity contribution is 6.31. The van der Waals surface area contributed by atoms with Gasteiger partial charge < -0.3 is 15.4 Å². The van der Waals surface area contributed by atoms with Gasteiger partial charge in [-0.3, -0.25) is 4.79 Å². The van der Waals surface area contributed by atoms with Crippen LogP contribution in [0.15, 0.2) is 54.9 Å². The quantitative estimate of drug-likeness (QED) is 0.627. The van der Waals surface area contributed by atoms with Crippen molar-refractivity contribution in [1.82, 2.24) is 9.97 Å². The average Bonchev–Trinajstić information content (AvgIpc) is 2.71. The van der Waals surface area contributed by atoms with E-state index in [1.165, 1.54) is 19.5 Å². The van der Waals surface area contributed by atoms with Crippen molar-refractivity contribution in [2.45, 2.75) is 6.92 Å². The van der Waals surface area contributed by atoms with Crippen LogP contribution in [0.1, 0.15) is 26.4 Å². The smallest absolute Gasteiger partial charge is 0.337 e. The van der Waals surface area contributed by atoms with Crippen LogP contribution in [0.5, 0.6) is 0 Å². The van der Waals surface area contributed by atoms with Gasteiger partial charge in [-0.2, -0.15) is 0 Å². The summed E-state index contributed by atoms with van der Waals surface area (Å²) in [7, 11) is 1.32. The largest absolute Gasteiger partial charge is 0.465 e. The zero-order valence-corrected chi connectivity index (χ0v) is 15.9. The number of ether oxygens (including phenoxy) is 1. The van der Waals surface area contributed by atoms with Crippen molar-refractivity contribution in [2.24, 2.45) is 0 Å². The maximum atomic E-state index is 12.4. The number of amides is 1. The van der Waals surface area contributed by atoms with Crippen molar-refractivity contribution in [3.05, 3.63) is 76.7 Å². The third-order valence-electron chi connectivity index (χ3n) is 3.96. The Morgan fingerprint density at radius 3 is 2.57 bits per heavy atom. The first-order valence-electron chi connectivity index (χ1n) is 8.32. The number of benzene rings is 2. The number of hydrogen-bond donors (Lipinski definition) is 2. The van der Waals surface area contributed by atoms with Crippen LogP contribution in [0.2, 0.25) is 5.02 Å². The number of methoxy groups -OCH3 is 1. The maximum absolute atomic E-state index is 12.4. The van der Waals surface area contributed by atoms with Crippen LogP contribution >= 0.6 is 11.6 Å². The van der Waals surface area contributed by atoms with E-state index in [0.29, 0.717) is 27.8 Å². The molecule has 0 fully saturated rings. The fourth-order valence-corrected chi connectivity index (χ4v) is 2.60. The van der Waals surface area contributed by atoms with Gasteiger partial charge in [0.25, 0.3) is 5.91 Å². The molecule has 142 valence electrons. The van der Waals surface area contributed by atoms with Gasteiger partial charge in [0, 0.05) is 16.4 Å². The molecule has 2 N–H and O–H groups in total. The van der Waals surface area contributed by atoms with Gasteiger partial charge in [0.15, 0.2) is 0 Å². The van der Waals surface area contributed by atoms with Crippen molar-refractivity contribution in [2.75, 3.05) is 17.7 Å². The summed E-state index contributed by atoms with van der Waals surface area (Å²) in [6.07, 6.45) is 2.80. The van der Waals surface area contributed by atoms with Crippen molar-refractivity contribution >= 4 is 40.7 Å². The Morgan fingerprint density at radius 1 is 1.07 bits per heavy atom. The van der Waals surface area contributed by atoms with Gasteiger partial charge in [-0.1, -0.05) is 23.7 Å². The van der Waals surface area contributed by atoms with E-state index in [4.69, 9.17) is 16.3 Å². The number of hydrogen-bond acceptors (Lipinski definition) is 6. The second kappa shape index (κ2) is 8.49. The van der Waals surface area contributed by atoms with Crippen LogP contribution in [0.25, 0.3) is 0 Å². The molecule has 0 atom stereocenters. The lowest BCUT2D eigenvalue weighted by atomic mass is 10.2. The van der Waals surface area contributed by atoms with E-state index >= 15 is 0 Å². The average molecular weight is 397 g/mol. The first-order valence-corrected chi connectivity index (χ1v) is 8.69. The normalized spacial score (nSPS) is 10.2. The van der Waals surface area contributed by atoms with E-state index in [2.05, 4.69) is 20.6 Å². The van der Waals surface area contributed by atoms with Crippen molar-refractivity contribution in [1.29, 1.82) is 0 Å². The molecular weight excluding hydrogens is 380 g/mol. The molecule has 7 nitrogen and oxygen atoms in total. The highest BCUT2D eigenvalue weighted by Crippen LogP contribution is 2.23. The summed E-state index contributed by atoms with van der Waals surface area (Å²) in [6, 6.07) is 12.0. The Labute approximate surface area is 166 Å². The maximum Gasteiger partial charge on any atom is 0.337 e. The van der Waals surface area contributed by atoms with Gasteiger partial charge >= 0.3 is 5.97 Å². The Morgan fingerprint density at radius 2 is 1.86 bits per heavy atom. The van der Waals surface area contributed by atoms with Crippen molar-refractivity contribution < 1.29 is 14.3 Å². The molecule has 3 aromatic rings. The van der Waals surface area contributed by atoms with Crippen LogP contribution in [-0.2, 0) is 4.74 Å². The monoisotopic (exact) mass is 396 g/mol. The molecule has 8 heteroatoms. The zero-order chi connectivity index (χ0) is 20.1. The van der Waals surface area contributed by atoms with Crippen LogP contribution in [-0.4, -0.2) is 29.0 Å². The molecule has 0 saturated carbocycles. The molecule has 0 spiro atoms. The van der Waals surface area contributed by atoms with Crippen molar-refractivity contribution in [3.63, 3.8) is 0 Å². The summed E-state index contributed by atoms with van der Waals surface area (Å²) in [4.78, 5) is 32.3. The van der Waals surface area contributed by atoms with Crippen LogP contribution in [0.4, 0.5) is 17.2 Å². The van der Waals surface area contributed by atoms with E-state index in [0.717, 1.165) is 5.56 Å². The number of rotatable bonds is 5. The van der Waals surface area contributed by atoms with Gasteiger partial charge in [0.05, 0.1) is 25.1 Å². The first kappa shape index (κ1) is 19.3. The molecule has 0 bridgehead atoms. The minimum Gasteiger partial charge on any atom is -0.465 e. The van der Waals surface area contributed by atoms with Gasteiger partial charge in [-0.05, 0) is 42.8 Å². The van der Waals surface area contributed by atoms with Crippen LogP contribution in [0, 0.1) is 6.92 Å². The number of nitrogens with one attached hydrogen (secondary N) is 2. The van der Waals surface area contributed by atoms with E-state index < -0.39 is 11.9 Å². The molecule has 1 amide bonds. The van der Waals surface area contributed by atoms with E-state index in [1.807, 2.05) is 6.92 Å². The van der Waals surface area contributed by atoms with Gasteiger partial charge in [0.1, 0.15) is 11.5 Å². The van der Waals surface area contributed by atoms with Crippen LogP contribution in [0.3, 0.4) is 0 Å². The molecule has 0 unspecified atom stereocenters. The highest BCUT2D eigenvalue weighted by atomic mass is 35.5. The molecule has 0 aliphatic rings. The summed E-state index contributed by atoms with van der Waals surface area (Å²) in [5.41, 5.74) is 2.60. The molecule has 2 aromatic carbocycles. The Bertz CT molecular complexity index is 1020. The van der Waals surface area contributed by atoms with Gasteiger partial charge in [0.2, 0.25) is 0 Å². The standard InChI is InChI=1S/C20H17ClN4O3/c1-12-15(21)7-4-8-16(12)25-19(26)17-10-23-18(11-22-17)24-14-6-3-5-13(9-14)20(27)28-2/h3-11H,1-2H3,(H,23,24)(H,25,26). The molecular formula is C20H17ClN4O3. The van der Waals surface area contributed by atoms with Gasteiger partial charge in [-0.15, -0.1) is 0 Å². The molecule has 0 radical (unpaired) electrons. The number of esters is 1. The molecule has 28 heavy (non-hydrogen) atoms. The van der Waals surface area contributed by atoms with Crippen LogP contribution < -0.4 is 10.6 Å². The molecule has 1 heterocycles. The molecule has 0 saturated heterocycles. The number of anilines is 3.